The van der Waals surface area contributed by atoms with E-state index in [1.165, 1.54) is 0 Å². The van der Waals surface area contributed by atoms with Crippen LogP contribution in [0.3, 0.4) is 0 Å². The number of hydrogen-bond donors (Lipinski definition) is 0. The van der Waals surface area contributed by atoms with E-state index in [4.69, 9.17) is 9.47 Å². The molecule has 138 valence electrons. The second-order valence-electron chi connectivity index (χ2n) is 6.49. The summed E-state index contributed by atoms with van der Waals surface area (Å²) in [7, 11) is 3.28. The Balaban J connectivity index is 1.66. The zero-order valence-electron chi connectivity index (χ0n) is 15.6. The summed E-state index contributed by atoms with van der Waals surface area (Å²) < 4.78 is 12.4. The summed E-state index contributed by atoms with van der Waals surface area (Å²) in [5.41, 5.74) is 3.93. The molecule has 0 bridgehead atoms. The fourth-order valence-electron chi connectivity index (χ4n) is 3.43. The topological polar surface area (TPSA) is 56.6 Å². The highest BCUT2D eigenvalue weighted by Gasteiger charge is 2.32. The number of hydrogen-bond acceptors (Lipinski definition) is 4. The predicted molar refractivity (Wildman–Crippen MR) is 103 cm³/mol. The lowest BCUT2D eigenvalue weighted by Crippen LogP contribution is -2.26. The largest absolute Gasteiger partial charge is 0.497 e. The number of amides is 1. The third-order valence-corrected chi connectivity index (χ3v) is 4.82. The number of aromatic nitrogens is 2. The zero-order valence-corrected chi connectivity index (χ0v) is 15.6. The molecule has 0 unspecified atom stereocenters. The Morgan fingerprint density at radius 3 is 2.15 bits per heavy atom. The summed E-state index contributed by atoms with van der Waals surface area (Å²) in [6, 6.07) is 15.6. The van der Waals surface area contributed by atoms with E-state index in [9.17, 15) is 4.79 Å². The Morgan fingerprint density at radius 1 is 0.963 bits per heavy atom. The molecule has 0 saturated heterocycles. The molecule has 0 N–H and O–H groups in total. The van der Waals surface area contributed by atoms with Gasteiger partial charge in [0.2, 0.25) is 11.9 Å². The molecule has 0 aliphatic carbocycles. The number of benzene rings is 2. The van der Waals surface area contributed by atoms with E-state index in [2.05, 4.69) is 4.98 Å². The van der Waals surface area contributed by atoms with E-state index in [1.807, 2.05) is 60.0 Å². The first-order chi connectivity index (χ1) is 13.1. The average molecular weight is 363 g/mol. The van der Waals surface area contributed by atoms with Gasteiger partial charge in [0.05, 0.1) is 32.2 Å². The Bertz CT molecular complexity index is 975. The van der Waals surface area contributed by atoms with Gasteiger partial charge in [0.1, 0.15) is 18.0 Å². The zero-order chi connectivity index (χ0) is 19.0. The van der Waals surface area contributed by atoms with Crippen LogP contribution < -0.4 is 14.4 Å². The summed E-state index contributed by atoms with van der Waals surface area (Å²) in [5, 5.41) is 0. The average Bonchev–Trinajstić information content (AvgIpc) is 3.16. The van der Waals surface area contributed by atoms with Crippen LogP contribution in [0.4, 0.5) is 5.95 Å². The van der Waals surface area contributed by atoms with E-state index >= 15 is 0 Å². The van der Waals surface area contributed by atoms with E-state index in [-0.39, 0.29) is 5.91 Å². The van der Waals surface area contributed by atoms with E-state index in [1.54, 1.807) is 19.1 Å². The number of imidazole rings is 1. The van der Waals surface area contributed by atoms with Gasteiger partial charge in [0.15, 0.2) is 0 Å². The minimum atomic E-state index is 0.0445. The number of rotatable bonds is 5. The molecule has 4 rings (SSSR count). The van der Waals surface area contributed by atoms with Crippen LogP contribution in [0.1, 0.15) is 11.3 Å². The van der Waals surface area contributed by atoms with Gasteiger partial charge in [-0.05, 0) is 48.9 Å². The van der Waals surface area contributed by atoms with Crippen LogP contribution in [-0.4, -0.2) is 29.7 Å². The number of aryl methyl sites for hydroxylation is 1. The third-order valence-electron chi connectivity index (χ3n) is 4.82. The molecule has 6 nitrogen and oxygen atoms in total. The number of nitrogens with zero attached hydrogens (tertiary/aromatic N) is 3. The molecule has 3 aromatic rings. The van der Waals surface area contributed by atoms with Crippen molar-refractivity contribution < 1.29 is 14.3 Å². The second-order valence-corrected chi connectivity index (χ2v) is 6.49. The van der Waals surface area contributed by atoms with Gasteiger partial charge in [-0.1, -0.05) is 12.1 Å². The SMILES string of the molecule is COc1ccc(CN2C(=O)Cn3c2nc(C)c3-c2ccc(OC)cc2)cc1. The highest BCUT2D eigenvalue weighted by atomic mass is 16.5. The Morgan fingerprint density at radius 2 is 1.56 bits per heavy atom. The minimum absolute atomic E-state index is 0.0445. The van der Waals surface area contributed by atoms with Crippen LogP contribution in [0, 0.1) is 6.92 Å². The highest BCUT2D eigenvalue weighted by molar-refractivity contribution is 5.96. The molecule has 1 amide bonds. The third kappa shape index (κ3) is 3.03. The van der Waals surface area contributed by atoms with Gasteiger partial charge in [0, 0.05) is 5.56 Å². The first kappa shape index (κ1) is 17.1. The predicted octanol–water partition coefficient (Wildman–Crippen LogP) is 3.42. The number of carbonyl (C=O) groups excluding carboxylic acids is 1. The molecular weight excluding hydrogens is 342 g/mol. The van der Waals surface area contributed by atoms with Crippen molar-refractivity contribution in [3.63, 3.8) is 0 Å². The van der Waals surface area contributed by atoms with E-state index < -0.39 is 0 Å². The van der Waals surface area contributed by atoms with Gasteiger partial charge in [0.25, 0.3) is 0 Å². The first-order valence-corrected chi connectivity index (χ1v) is 8.75. The van der Waals surface area contributed by atoms with Crippen molar-refractivity contribution >= 4 is 11.9 Å². The monoisotopic (exact) mass is 363 g/mol. The molecule has 27 heavy (non-hydrogen) atoms. The fraction of sp³-hybridized carbons (Fsp3) is 0.238. The van der Waals surface area contributed by atoms with Crippen molar-refractivity contribution in [3.05, 3.63) is 59.8 Å². The minimum Gasteiger partial charge on any atom is -0.497 e. The van der Waals surface area contributed by atoms with E-state index in [0.717, 1.165) is 34.0 Å². The summed E-state index contributed by atoms with van der Waals surface area (Å²) in [6.45, 7) is 2.76. The van der Waals surface area contributed by atoms with Crippen molar-refractivity contribution in [2.45, 2.75) is 20.0 Å². The Hall–Kier alpha value is -3.28. The number of carbonyl (C=O) groups is 1. The summed E-state index contributed by atoms with van der Waals surface area (Å²) in [6.07, 6.45) is 0. The molecule has 0 saturated carbocycles. The lowest BCUT2D eigenvalue weighted by atomic mass is 10.1. The lowest BCUT2D eigenvalue weighted by molar-refractivity contribution is -0.118. The number of anilines is 1. The molecule has 0 fully saturated rings. The van der Waals surface area contributed by atoms with Crippen LogP contribution >= 0.6 is 0 Å². The summed E-state index contributed by atoms with van der Waals surface area (Å²) in [5.74, 6) is 2.34. The van der Waals surface area contributed by atoms with Gasteiger partial charge >= 0.3 is 0 Å². The molecule has 0 spiro atoms. The number of fused-ring (bicyclic) bond motifs is 1. The van der Waals surface area contributed by atoms with Crippen molar-refractivity contribution in [1.29, 1.82) is 0 Å². The molecule has 2 heterocycles. The van der Waals surface area contributed by atoms with Gasteiger partial charge in [-0.2, -0.15) is 0 Å². The van der Waals surface area contributed by atoms with Crippen LogP contribution in [0.25, 0.3) is 11.3 Å². The van der Waals surface area contributed by atoms with Crippen molar-refractivity contribution in [2.75, 3.05) is 19.1 Å². The summed E-state index contributed by atoms with van der Waals surface area (Å²) in [4.78, 5) is 19.1. The van der Waals surface area contributed by atoms with E-state index in [0.29, 0.717) is 19.0 Å². The molecular formula is C21H21N3O3. The molecule has 0 atom stereocenters. The molecule has 0 radical (unpaired) electrons. The van der Waals surface area contributed by atoms with Crippen LogP contribution in [0.2, 0.25) is 0 Å². The maximum atomic E-state index is 12.6. The van der Waals surface area contributed by atoms with Gasteiger partial charge < -0.3 is 14.0 Å². The standard InChI is InChI=1S/C21H21N3O3/c1-14-20(16-6-10-18(27-3)11-7-16)24-13-19(25)23(21(24)22-14)12-15-4-8-17(26-2)9-5-15/h4-11H,12-13H2,1-3H3. The highest BCUT2D eigenvalue weighted by Crippen LogP contribution is 2.34. The quantitative estimate of drug-likeness (QED) is 0.697. The fourth-order valence-corrected chi connectivity index (χ4v) is 3.43. The Kier molecular flexibility index (Phi) is 4.32. The van der Waals surface area contributed by atoms with Crippen LogP contribution in [-0.2, 0) is 17.9 Å². The lowest BCUT2D eigenvalue weighted by Gasteiger charge is -2.14. The second kappa shape index (κ2) is 6.79. The Labute approximate surface area is 158 Å². The molecule has 1 aliphatic rings. The van der Waals surface area contributed by atoms with Gasteiger partial charge in [-0.25, -0.2) is 4.98 Å². The van der Waals surface area contributed by atoms with Crippen molar-refractivity contribution in [3.8, 4) is 22.8 Å². The van der Waals surface area contributed by atoms with Crippen molar-refractivity contribution in [1.82, 2.24) is 9.55 Å². The first-order valence-electron chi connectivity index (χ1n) is 8.75. The number of methoxy groups -OCH3 is 2. The van der Waals surface area contributed by atoms with Crippen LogP contribution in [0.15, 0.2) is 48.5 Å². The van der Waals surface area contributed by atoms with Gasteiger partial charge in [-0.3, -0.25) is 9.69 Å². The molecule has 2 aromatic carbocycles. The summed E-state index contributed by atoms with van der Waals surface area (Å²) >= 11 is 0. The maximum Gasteiger partial charge on any atom is 0.249 e. The molecule has 1 aliphatic heterocycles. The molecule has 1 aromatic heterocycles. The maximum absolute atomic E-state index is 12.6. The van der Waals surface area contributed by atoms with Gasteiger partial charge in [-0.15, -0.1) is 0 Å². The van der Waals surface area contributed by atoms with Crippen molar-refractivity contribution in [2.24, 2.45) is 0 Å². The number of ether oxygens (including phenoxy) is 2. The normalized spacial score (nSPS) is 13.0. The van der Waals surface area contributed by atoms with Crippen LogP contribution in [0.5, 0.6) is 11.5 Å². The molecule has 6 heteroatoms. The smallest absolute Gasteiger partial charge is 0.249 e.